The van der Waals surface area contributed by atoms with Crippen LogP contribution in [0.15, 0.2) is 12.2 Å². The molecule has 1 aliphatic carbocycles. The highest BCUT2D eigenvalue weighted by Crippen LogP contribution is 2.16. The molecule has 0 heterocycles. The molecule has 0 spiro atoms. The standard InChI is InChI=1S/C12H24N2/c1-11(10-14(2)3)13-9-12-7-5-4-6-8-12/h4-5,11-13H,6-10H2,1-3H3. The van der Waals surface area contributed by atoms with Crippen molar-refractivity contribution >= 4 is 0 Å². The first-order chi connectivity index (χ1) is 6.68. The lowest BCUT2D eigenvalue weighted by Gasteiger charge is -2.23. The molecule has 2 heteroatoms. The highest BCUT2D eigenvalue weighted by molar-refractivity contribution is 4.90. The number of allylic oxidation sites excluding steroid dienone is 2. The number of hydrogen-bond donors (Lipinski definition) is 1. The van der Waals surface area contributed by atoms with E-state index in [0.29, 0.717) is 6.04 Å². The molecule has 0 bridgehead atoms. The Bertz CT molecular complexity index is 175. The van der Waals surface area contributed by atoms with Gasteiger partial charge in [0, 0.05) is 12.6 Å². The number of nitrogens with zero attached hydrogens (tertiary/aromatic N) is 1. The quantitative estimate of drug-likeness (QED) is 0.675. The molecular formula is C12H24N2. The Labute approximate surface area is 88.4 Å². The predicted octanol–water partition coefficient (Wildman–Crippen LogP) is 1.88. The third-order valence-corrected chi connectivity index (χ3v) is 2.77. The summed E-state index contributed by atoms with van der Waals surface area (Å²) >= 11 is 0. The van der Waals surface area contributed by atoms with Gasteiger partial charge in [-0.2, -0.15) is 0 Å². The summed E-state index contributed by atoms with van der Waals surface area (Å²) in [5, 5.41) is 3.61. The molecule has 82 valence electrons. The lowest BCUT2D eigenvalue weighted by atomic mass is 9.94. The fourth-order valence-electron chi connectivity index (χ4n) is 2.02. The van der Waals surface area contributed by atoms with Crippen molar-refractivity contribution in [1.29, 1.82) is 0 Å². The molecule has 0 amide bonds. The molecule has 2 unspecified atom stereocenters. The van der Waals surface area contributed by atoms with Crippen molar-refractivity contribution in [2.75, 3.05) is 27.2 Å². The average molecular weight is 196 g/mol. The van der Waals surface area contributed by atoms with Gasteiger partial charge in [-0.25, -0.2) is 0 Å². The van der Waals surface area contributed by atoms with Crippen molar-refractivity contribution in [2.45, 2.75) is 32.2 Å². The molecule has 0 saturated carbocycles. The van der Waals surface area contributed by atoms with E-state index in [0.717, 1.165) is 12.5 Å². The highest BCUT2D eigenvalue weighted by atomic mass is 15.1. The van der Waals surface area contributed by atoms with E-state index < -0.39 is 0 Å². The van der Waals surface area contributed by atoms with Crippen molar-refractivity contribution in [2.24, 2.45) is 5.92 Å². The summed E-state index contributed by atoms with van der Waals surface area (Å²) in [5.74, 6) is 0.865. The van der Waals surface area contributed by atoms with Gasteiger partial charge in [-0.05, 0) is 52.7 Å². The van der Waals surface area contributed by atoms with Crippen LogP contribution in [0.4, 0.5) is 0 Å². The third-order valence-electron chi connectivity index (χ3n) is 2.77. The first-order valence-corrected chi connectivity index (χ1v) is 5.71. The summed E-state index contributed by atoms with van der Waals surface area (Å²) in [6.45, 7) is 4.57. The maximum Gasteiger partial charge on any atom is 0.0166 e. The number of rotatable bonds is 5. The Balaban J connectivity index is 2.10. The van der Waals surface area contributed by atoms with E-state index in [1.807, 2.05) is 0 Å². The van der Waals surface area contributed by atoms with E-state index >= 15 is 0 Å². The summed E-state index contributed by atoms with van der Waals surface area (Å²) in [6, 6.07) is 0.607. The maximum absolute atomic E-state index is 3.61. The van der Waals surface area contributed by atoms with Gasteiger partial charge in [0.15, 0.2) is 0 Å². The van der Waals surface area contributed by atoms with Gasteiger partial charge in [0.2, 0.25) is 0 Å². The van der Waals surface area contributed by atoms with Crippen LogP contribution in [0.25, 0.3) is 0 Å². The summed E-state index contributed by atoms with van der Waals surface area (Å²) in [5.41, 5.74) is 0. The van der Waals surface area contributed by atoms with Crippen molar-refractivity contribution in [1.82, 2.24) is 10.2 Å². The van der Waals surface area contributed by atoms with Gasteiger partial charge in [0.1, 0.15) is 0 Å². The minimum absolute atomic E-state index is 0.607. The Morgan fingerprint density at radius 2 is 2.21 bits per heavy atom. The van der Waals surface area contributed by atoms with Gasteiger partial charge in [-0.3, -0.25) is 0 Å². The number of hydrogen-bond acceptors (Lipinski definition) is 2. The van der Waals surface area contributed by atoms with Gasteiger partial charge in [-0.15, -0.1) is 0 Å². The second-order valence-electron chi connectivity index (χ2n) is 4.72. The molecule has 1 rings (SSSR count). The van der Waals surface area contributed by atoms with Gasteiger partial charge in [-0.1, -0.05) is 12.2 Å². The minimum Gasteiger partial charge on any atom is -0.313 e. The lowest BCUT2D eigenvalue weighted by Crippen LogP contribution is -2.38. The fourth-order valence-corrected chi connectivity index (χ4v) is 2.02. The second-order valence-corrected chi connectivity index (χ2v) is 4.72. The Kier molecular flexibility index (Phi) is 5.20. The zero-order chi connectivity index (χ0) is 10.4. The second kappa shape index (κ2) is 6.20. The molecule has 2 atom stereocenters. The van der Waals surface area contributed by atoms with E-state index in [2.05, 4.69) is 43.4 Å². The summed E-state index contributed by atoms with van der Waals surface area (Å²) in [6.07, 6.45) is 8.53. The lowest BCUT2D eigenvalue weighted by molar-refractivity contribution is 0.329. The zero-order valence-electron chi connectivity index (χ0n) is 9.79. The first kappa shape index (κ1) is 11.7. The Hall–Kier alpha value is -0.340. The first-order valence-electron chi connectivity index (χ1n) is 5.71. The minimum atomic E-state index is 0.607. The summed E-state index contributed by atoms with van der Waals surface area (Å²) < 4.78 is 0. The molecule has 0 radical (unpaired) electrons. The van der Waals surface area contributed by atoms with E-state index in [1.54, 1.807) is 0 Å². The van der Waals surface area contributed by atoms with E-state index in [-0.39, 0.29) is 0 Å². The molecule has 14 heavy (non-hydrogen) atoms. The molecule has 0 aromatic heterocycles. The maximum atomic E-state index is 3.61. The van der Waals surface area contributed by atoms with Crippen molar-refractivity contribution in [3.05, 3.63) is 12.2 Å². The molecule has 1 N–H and O–H groups in total. The zero-order valence-corrected chi connectivity index (χ0v) is 9.79. The van der Waals surface area contributed by atoms with Crippen LogP contribution in [-0.2, 0) is 0 Å². The van der Waals surface area contributed by atoms with Crippen LogP contribution in [0.5, 0.6) is 0 Å². The molecule has 0 aromatic rings. The topological polar surface area (TPSA) is 15.3 Å². The molecule has 2 nitrogen and oxygen atoms in total. The van der Waals surface area contributed by atoms with Crippen molar-refractivity contribution in [3.63, 3.8) is 0 Å². The van der Waals surface area contributed by atoms with Crippen LogP contribution in [0.1, 0.15) is 26.2 Å². The van der Waals surface area contributed by atoms with Crippen LogP contribution in [0, 0.1) is 5.92 Å². The normalized spacial score (nSPS) is 24.1. The smallest absolute Gasteiger partial charge is 0.0166 e. The highest BCUT2D eigenvalue weighted by Gasteiger charge is 2.11. The molecular weight excluding hydrogens is 172 g/mol. The van der Waals surface area contributed by atoms with Crippen LogP contribution < -0.4 is 5.32 Å². The SMILES string of the molecule is CC(CN(C)C)NCC1CC=CCC1. The van der Waals surface area contributed by atoms with Crippen LogP contribution in [0.2, 0.25) is 0 Å². The van der Waals surface area contributed by atoms with Gasteiger partial charge in [0.25, 0.3) is 0 Å². The van der Waals surface area contributed by atoms with Crippen LogP contribution in [0.3, 0.4) is 0 Å². The Morgan fingerprint density at radius 1 is 1.43 bits per heavy atom. The summed E-state index contributed by atoms with van der Waals surface area (Å²) in [4.78, 5) is 2.23. The largest absolute Gasteiger partial charge is 0.313 e. The monoisotopic (exact) mass is 196 g/mol. The number of nitrogens with one attached hydrogen (secondary N) is 1. The molecule has 0 aliphatic heterocycles. The van der Waals surface area contributed by atoms with Gasteiger partial charge >= 0.3 is 0 Å². The fraction of sp³-hybridized carbons (Fsp3) is 0.833. The molecule has 0 fully saturated rings. The van der Waals surface area contributed by atoms with E-state index in [4.69, 9.17) is 0 Å². The predicted molar refractivity (Wildman–Crippen MR) is 62.5 cm³/mol. The van der Waals surface area contributed by atoms with Crippen molar-refractivity contribution < 1.29 is 0 Å². The van der Waals surface area contributed by atoms with E-state index in [1.165, 1.54) is 25.8 Å². The molecule has 0 aromatic carbocycles. The van der Waals surface area contributed by atoms with Crippen LogP contribution >= 0.6 is 0 Å². The molecule has 0 saturated heterocycles. The third kappa shape index (κ3) is 4.77. The van der Waals surface area contributed by atoms with Crippen molar-refractivity contribution in [3.8, 4) is 0 Å². The Morgan fingerprint density at radius 3 is 2.79 bits per heavy atom. The molecule has 1 aliphatic rings. The average Bonchev–Trinajstić information content (AvgIpc) is 2.15. The summed E-state index contributed by atoms with van der Waals surface area (Å²) in [7, 11) is 4.25. The van der Waals surface area contributed by atoms with E-state index in [9.17, 15) is 0 Å². The van der Waals surface area contributed by atoms with Crippen LogP contribution in [-0.4, -0.2) is 38.1 Å². The number of likely N-dealkylation sites (N-methyl/N-ethyl adjacent to an activating group) is 1. The van der Waals surface area contributed by atoms with Gasteiger partial charge < -0.3 is 10.2 Å². The van der Waals surface area contributed by atoms with Gasteiger partial charge in [0.05, 0.1) is 0 Å².